The van der Waals surface area contributed by atoms with Crippen molar-refractivity contribution in [3.63, 3.8) is 0 Å². The smallest absolute Gasteiger partial charge is 0.340 e. The molecule has 1 heterocycles. The molecule has 0 saturated heterocycles. The van der Waals surface area contributed by atoms with Gasteiger partial charge in [0.1, 0.15) is 13.2 Å². The molecule has 142 valence electrons. The number of carbonyl (C=O) groups excluding carboxylic acids is 2. The Morgan fingerprint density at radius 1 is 1.15 bits per heavy atom. The molecule has 0 atom stereocenters. The first-order chi connectivity index (χ1) is 12.9. The van der Waals surface area contributed by atoms with Gasteiger partial charge in [-0.15, -0.1) is 0 Å². The molecule has 7 nitrogen and oxygen atoms in total. The molecule has 8 heteroatoms. The van der Waals surface area contributed by atoms with Crippen LogP contribution in [-0.2, 0) is 16.1 Å². The van der Waals surface area contributed by atoms with Crippen LogP contribution in [0.2, 0.25) is 5.02 Å². The SMILES string of the molecule is CN(Cc1ccc2c(c1)OCCO2)C(=O)COC(=O)c1cc(Cl)ccc1N. The number of benzene rings is 2. The molecule has 1 amide bonds. The minimum absolute atomic E-state index is 0.129. The van der Waals surface area contributed by atoms with E-state index in [0.717, 1.165) is 5.56 Å². The fourth-order valence-corrected chi connectivity index (χ4v) is 2.74. The highest BCUT2D eigenvalue weighted by molar-refractivity contribution is 6.31. The predicted molar refractivity (Wildman–Crippen MR) is 100 cm³/mol. The summed E-state index contributed by atoms with van der Waals surface area (Å²) < 4.78 is 16.1. The molecule has 1 aliphatic rings. The molecule has 0 aromatic heterocycles. The third kappa shape index (κ3) is 4.62. The molecule has 27 heavy (non-hydrogen) atoms. The summed E-state index contributed by atoms with van der Waals surface area (Å²) in [5.41, 5.74) is 6.98. The second-order valence-corrected chi connectivity index (χ2v) is 6.47. The van der Waals surface area contributed by atoms with Gasteiger partial charge in [0.15, 0.2) is 18.1 Å². The summed E-state index contributed by atoms with van der Waals surface area (Å²) in [7, 11) is 1.63. The van der Waals surface area contributed by atoms with Gasteiger partial charge in [-0.25, -0.2) is 4.79 Å². The van der Waals surface area contributed by atoms with Gasteiger partial charge in [0, 0.05) is 24.3 Å². The van der Waals surface area contributed by atoms with Crippen LogP contribution in [0.25, 0.3) is 0 Å². The summed E-state index contributed by atoms with van der Waals surface area (Å²) in [5.74, 6) is 0.296. The van der Waals surface area contributed by atoms with E-state index < -0.39 is 12.6 Å². The Kier molecular flexibility index (Phi) is 5.71. The number of amides is 1. The molecular formula is C19H19ClN2O5. The highest BCUT2D eigenvalue weighted by Gasteiger charge is 2.17. The first-order valence-electron chi connectivity index (χ1n) is 8.28. The van der Waals surface area contributed by atoms with Crippen LogP contribution in [0, 0.1) is 0 Å². The van der Waals surface area contributed by atoms with E-state index in [9.17, 15) is 9.59 Å². The lowest BCUT2D eigenvalue weighted by molar-refractivity contribution is -0.133. The van der Waals surface area contributed by atoms with Gasteiger partial charge in [0.25, 0.3) is 5.91 Å². The summed E-state index contributed by atoms with van der Waals surface area (Å²) in [5, 5.41) is 0.359. The lowest BCUT2D eigenvalue weighted by atomic mass is 10.2. The van der Waals surface area contributed by atoms with Crippen LogP contribution in [0.4, 0.5) is 5.69 Å². The Morgan fingerprint density at radius 2 is 1.89 bits per heavy atom. The Morgan fingerprint density at radius 3 is 2.67 bits per heavy atom. The molecule has 1 aliphatic heterocycles. The van der Waals surface area contributed by atoms with Crippen LogP contribution in [0.15, 0.2) is 36.4 Å². The quantitative estimate of drug-likeness (QED) is 0.623. The molecule has 0 saturated carbocycles. The summed E-state index contributed by atoms with van der Waals surface area (Å²) in [6, 6.07) is 9.98. The van der Waals surface area contributed by atoms with E-state index in [1.807, 2.05) is 18.2 Å². The van der Waals surface area contributed by atoms with Gasteiger partial charge in [-0.1, -0.05) is 17.7 Å². The molecule has 0 radical (unpaired) electrons. The lowest BCUT2D eigenvalue weighted by Crippen LogP contribution is -2.31. The molecule has 0 fully saturated rings. The van der Waals surface area contributed by atoms with Crippen LogP contribution in [0.3, 0.4) is 0 Å². The largest absolute Gasteiger partial charge is 0.486 e. The molecule has 0 aliphatic carbocycles. The number of fused-ring (bicyclic) bond motifs is 1. The van der Waals surface area contributed by atoms with Crippen LogP contribution in [0.1, 0.15) is 15.9 Å². The number of carbonyl (C=O) groups is 2. The monoisotopic (exact) mass is 390 g/mol. The van der Waals surface area contributed by atoms with Gasteiger partial charge in [-0.05, 0) is 35.9 Å². The van der Waals surface area contributed by atoms with Crippen LogP contribution in [-0.4, -0.2) is 43.6 Å². The van der Waals surface area contributed by atoms with Crippen molar-refractivity contribution >= 4 is 29.2 Å². The van der Waals surface area contributed by atoms with Gasteiger partial charge < -0.3 is 24.8 Å². The van der Waals surface area contributed by atoms with Crippen LogP contribution >= 0.6 is 11.6 Å². The highest BCUT2D eigenvalue weighted by atomic mass is 35.5. The Balaban J connectivity index is 1.56. The van der Waals surface area contributed by atoms with Crippen molar-refractivity contribution in [3.05, 3.63) is 52.5 Å². The number of ether oxygens (including phenoxy) is 3. The van der Waals surface area contributed by atoms with Crippen molar-refractivity contribution < 1.29 is 23.8 Å². The summed E-state index contributed by atoms with van der Waals surface area (Å²) >= 11 is 5.86. The normalized spacial score (nSPS) is 12.4. The van der Waals surface area contributed by atoms with E-state index in [4.69, 9.17) is 31.5 Å². The van der Waals surface area contributed by atoms with Crippen molar-refractivity contribution in [3.8, 4) is 11.5 Å². The number of hydrogen-bond donors (Lipinski definition) is 1. The molecule has 3 rings (SSSR count). The van der Waals surface area contributed by atoms with E-state index >= 15 is 0 Å². The Hall–Kier alpha value is -2.93. The third-order valence-electron chi connectivity index (χ3n) is 4.01. The summed E-state index contributed by atoms with van der Waals surface area (Å²) in [4.78, 5) is 25.8. The van der Waals surface area contributed by atoms with E-state index in [-0.39, 0.29) is 17.2 Å². The van der Waals surface area contributed by atoms with E-state index in [1.54, 1.807) is 13.1 Å². The Labute approximate surface area is 161 Å². The lowest BCUT2D eigenvalue weighted by Gasteiger charge is -2.21. The molecule has 2 aromatic rings. The second kappa shape index (κ2) is 8.18. The number of esters is 1. The molecular weight excluding hydrogens is 372 g/mol. The molecule has 0 spiro atoms. The Bertz CT molecular complexity index is 871. The van der Waals surface area contributed by atoms with E-state index in [1.165, 1.54) is 17.0 Å². The zero-order valence-corrected chi connectivity index (χ0v) is 15.5. The van der Waals surface area contributed by atoms with Crippen LogP contribution < -0.4 is 15.2 Å². The molecule has 2 aromatic carbocycles. The molecule has 0 unspecified atom stereocenters. The van der Waals surface area contributed by atoms with Crippen molar-refractivity contribution in [2.75, 3.05) is 32.6 Å². The molecule has 2 N–H and O–H groups in total. The van der Waals surface area contributed by atoms with E-state index in [2.05, 4.69) is 0 Å². The number of hydrogen-bond acceptors (Lipinski definition) is 6. The number of nitrogen functional groups attached to an aromatic ring is 1. The number of rotatable bonds is 5. The maximum absolute atomic E-state index is 12.3. The summed E-state index contributed by atoms with van der Waals surface area (Å²) in [6.45, 7) is 0.958. The standard InChI is InChI=1S/C19H19ClN2O5/c1-22(10-12-2-5-16-17(8-12)26-7-6-25-16)18(23)11-27-19(24)14-9-13(20)3-4-15(14)21/h2-5,8-9H,6-7,10-11,21H2,1H3. The average Bonchev–Trinajstić information content (AvgIpc) is 2.67. The predicted octanol–water partition coefficient (Wildman–Crippen LogP) is 2.51. The molecule has 0 bridgehead atoms. The second-order valence-electron chi connectivity index (χ2n) is 6.04. The van der Waals surface area contributed by atoms with Crippen molar-refractivity contribution in [2.24, 2.45) is 0 Å². The van der Waals surface area contributed by atoms with Gasteiger partial charge in [-0.2, -0.15) is 0 Å². The van der Waals surface area contributed by atoms with Crippen molar-refractivity contribution in [1.29, 1.82) is 0 Å². The number of nitrogens with zero attached hydrogens (tertiary/aromatic N) is 1. The van der Waals surface area contributed by atoms with Gasteiger partial charge in [0.2, 0.25) is 0 Å². The van der Waals surface area contributed by atoms with E-state index in [0.29, 0.717) is 36.3 Å². The van der Waals surface area contributed by atoms with Crippen molar-refractivity contribution in [1.82, 2.24) is 4.90 Å². The summed E-state index contributed by atoms with van der Waals surface area (Å²) in [6.07, 6.45) is 0. The van der Waals surface area contributed by atoms with Gasteiger partial charge >= 0.3 is 5.97 Å². The fraction of sp³-hybridized carbons (Fsp3) is 0.263. The van der Waals surface area contributed by atoms with Crippen LogP contribution in [0.5, 0.6) is 11.5 Å². The van der Waals surface area contributed by atoms with Crippen molar-refractivity contribution in [2.45, 2.75) is 6.54 Å². The zero-order valence-electron chi connectivity index (χ0n) is 14.7. The highest BCUT2D eigenvalue weighted by Crippen LogP contribution is 2.31. The van der Waals surface area contributed by atoms with Gasteiger partial charge in [-0.3, -0.25) is 4.79 Å². The number of nitrogens with two attached hydrogens (primary N) is 1. The fourth-order valence-electron chi connectivity index (χ4n) is 2.57. The minimum Gasteiger partial charge on any atom is -0.486 e. The first kappa shape index (κ1) is 18.8. The topological polar surface area (TPSA) is 91.1 Å². The third-order valence-corrected chi connectivity index (χ3v) is 4.25. The number of anilines is 1. The maximum atomic E-state index is 12.3. The number of likely N-dealkylation sites (N-methyl/N-ethyl adjacent to an activating group) is 1. The first-order valence-corrected chi connectivity index (χ1v) is 8.66. The average molecular weight is 391 g/mol. The number of halogens is 1. The maximum Gasteiger partial charge on any atom is 0.340 e. The zero-order chi connectivity index (χ0) is 19.4. The van der Waals surface area contributed by atoms with Gasteiger partial charge in [0.05, 0.1) is 5.56 Å². The minimum atomic E-state index is -0.698.